The van der Waals surface area contributed by atoms with Crippen molar-refractivity contribution in [1.82, 2.24) is 15.1 Å². The molecule has 1 aliphatic heterocycles. The van der Waals surface area contributed by atoms with Crippen LogP contribution in [0.3, 0.4) is 0 Å². The molecule has 0 saturated heterocycles. The maximum Gasteiger partial charge on any atom is 0.231 e. The van der Waals surface area contributed by atoms with E-state index in [-0.39, 0.29) is 11.3 Å². The molecule has 1 aromatic carbocycles. The summed E-state index contributed by atoms with van der Waals surface area (Å²) in [4.78, 5) is 8.75. The van der Waals surface area contributed by atoms with E-state index in [9.17, 15) is 0 Å². The second-order valence-electron chi connectivity index (χ2n) is 6.55. The highest BCUT2D eigenvalue weighted by Gasteiger charge is 2.60. The first-order valence-corrected chi connectivity index (χ1v) is 8.36. The lowest BCUT2D eigenvalue weighted by molar-refractivity contribution is 0.254. The predicted octanol–water partition coefficient (Wildman–Crippen LogP) is 3.35. The van der Waals surface area contributed by atoms with Gasteiger partial charge in [-0.05, 0) is 25.0 Å². The van der Waals surface area contributed by atoms with Crippen molar-refractivity contribution in [3.05, 3.63) is 54.0 Å². The molecule has 1 saturated carbocycles. The number of pyridine rings is 1. The van der Waals surface area contributed by atoms with Crippen LogP contribution in [0.5, 0.6) is 11.6 Å². The monoisotopic (exact) mass is 335 g/mol. The van der Waals surface area contributed by atoms with E-state index in [2.05, 4.69) is 27.3 Å². The standard InChI is InChI=1S/C19H17N3O3/c1-23-16-10-12(6-8-20-16)17-21-18(25-22-17)14-11-19(14)7-9-24-15-5-3-2-4-13(15)19/h2-6,8,10,14H,7,9,11H2,1H3/t14-,19-/m1/s1. The fourth-order valence-electron chi connectivity index (χ4n) is 3.84. The first kappa shape index (κ1) is 14.5. The van der Waals surface area contributed by atoms with E-state index in [1.54, 1.807) is 19.4 Å². The number of ether oxygens (including phenoxy) is 2. The molecule has 3 heterocycles. The number of para-hydroxylation sites is 1. The number of hydrogen-bond acceptors (Lipinski definition) is 6. The van der Waals surface area contributed by atoms with E-state index < -0.39 is 0 Å². The van der Waals surface area contributed by atoms with Gasteiger partial charge in [0, 0.05) is 34.7 Å². The molecule has 1 fully saturated rings. The van der Waals surface area contributed by atoms with E-state index in [1.807, 2.05) is 18.2 Å². The summed E-state index contributed by atoms with van der Waals surface area (Å²) in [5.41, 5.74) is 2.18. The average Bonchev–Trinajstić information content (AvgIpc) is 3.16. The first-order valence-electron chi connectivity index (χ1n) is 8.36. The molecule has 2 atom stereocenters. The summed E-state index contributed by atoms with van der Waals surface area (Å²) in [7, 11) is 1.59. The largest absolute Gasteiger partial charge is 0.493 e. The number of benzene rings is 1. The second kappa shape index (κ2) is 5.31. The normalized spacial score (nSPS) is 23.8. The lowest BCUT2D eigenvalue weighted by Crippen LogP contribution is -2.21. The van der Waals surface area contributed by atoms with Crippen molar-refractivity contribution in [3.8, 4) is 23.0 Å². The van der Waals surface area contributed by atoms with E-state index in [4.69, 9.17) is 14.0 Å². The highest BCUT2D eigenvalue weighted by Crippen LogP contribution is 2.65. The molecule has 5 rings (SSSR count). The smallest absolute Gasteiger partial charge is 0.231 e. The van der Waals surface area contributed by atoms with Crippen molar-refractivity contribution in [1.29, 1.82) is 0 Å². The molecule has 6 nitrogen and oxygen atoms in total. The van der Waals surface area contributed by atoms with Gasteiger partial charge in [0.1, 0.15) is 5.75 Å². The highest BCUT2D eigenvalue weighted by atomic mass is 16.5. The first-order chi connectivity index (χ1) is 12.3. The molecule has 0 radical (unpaired) electrons. The zero-order chi connectivity index (χ0) is 16.9. The number of aromatic nitrogens is 3. The third-order valence-electron chi connectivity index (χ3n) is 5.25. The summed E-state index contributed by atoms with van der Waals surface area (Å²) >= 11 is 0. The van der Waals surface area contributed by atoms with Crippen LogP contribution in [0.15, 0.2) is 47.1 Å². The molecule has 0 unspecified atom stereocenters. The summed E-state index contributed by atoms with van der Waals surface area (Å²) in [6.07, 6.45) is 3.68. The van der Waals surface area contributed by atoms with Gasteiger partial charge in [-0.3, -0.25) is 0 Å². The lowest BCUT2D eigenvalue weighted by Gasteiger charge is -2.26. The topological polar surface area (TPSA) is 70.3 Å². The third-order valence-corrected chi connectivity index (χ3v) is 5.25. The maximum atomic E-state index is 5.80. The van der Waals surface area contributed by atoms with E-state index in [1.165, 1.54) is 5.56 Å². The Morgan fingerprint density at radius 3 is 3.08 bits per heavy atom. The molecule has 0 N–H and O–H groups in total. The van der Waals surface area contributed by atoms with Gasteiger partial charge in [-0.15, -0.1) is 0 Å². The van der Waals surface area contributed by atoms with Crippen molar-refractivity contribution in [2.75, 3.05) is 13.7 Å². The van der Waals surface area contributed by atoms with Crippen LogP contribution in [-0.4, -0.2) is 28.8 Å². The lowest BCUT2D eigenvalue weighted by atomic mass is 9.87. The Morgan fingerprint density at radius 1 is 1.24 bits per heavy atom. The van der Waals surface area contributed by atoms with Crippen molar-refractivity contribution in [3.63, 3.8) is 0 Å². The van der Waals surface area contributed by atoms with Gasteiger partial charge in [-0.25, -0.2) is 4.98 Å². The zero-order valence-electron chi connectivity index (χ0n) is 13.8. The maximum absolute atomic E-state index is 5.80. The van der Waals surface area contributed by atoms with Crippen LogP contribution in [-0.2, 0) is 5.41 Å². The number of nitrogens with zero attached hydrogens (tertiary/aromatic N) is 3. The van der Waals surface area contributed by atoms with Gasteiger partial charge in [-0.1, -0.05) is 23.4 Å². The van der Waals surface area contributed by atoms with Gasteiger partial charge in [0.25, 0.3) is 0 Å². The van der Waals surface area contributed by atoms with Gasteiger partial charge >= 0.3 is 0 Å². The van der Waals surface area contributed by atoms with Crippen molar-refractivity contribution < 1.29 is 14.0 Å². The number of methoxy groups -OCH3 is 1. The van der Waals surface area contributed by atoms with E-state index in [0.29, 0.717) is 17.6 Å². The summed E-state index contributed by atoms with van der Waals surface area (Å²) in [6.45, 7) is 0.732. The molecule has 1 aliphatic carbocycles. The summed E-state index contributed by atoms with van der Waals surface area (Å²) in [5.74, 6) is 3.03. The number of rotatable bonds is 3. The third kappa shape index (κ3) is 2.21. The Bertz CT molecular complexity index is 939. The zero-order valence-corrected chi connectivity index (χ0v) is 13.8. The fraction of sp³-hybridized carbons (Fsp3) is 0.316. The SMILES string of the molecule is COc1cc(-c2noc([C@H]3C[C@@]34CCOc3ccccc34)n2)ccn1. The molecular weight excluding hydrogens is 318 g/mol. The molecule has 0 amide bonds. The molecule has 2 aromatic heterocycles. The highest BCUT2D eigenvalue weighted by molar-refractivity contribution is 5.56. The Balaban J connectivity index is 1.46. The van der Waals surface area contributed by atoms with Gasteiger partial charge in [0.2, 0.25) is 17.6 Å². The average molecular weight is 335 g/mol. The Kier molecular flexibility index (Phi) is 3.07. The summed E-state index contributed by atoms with van der Waals surface area (Å²) < 4.78 is 16.6. The molecule has 25 heavy (non-hydrogen) atoms. The molecule has 2 aliphatic rings. The molecule has 1 spiro atoms. The fourth-order valence-corrected chi connectivity index (χ4v) is 3.84. The van der Waals surface area contributed by atoms with Crippen LogP contribution < -0.4 is 9.47 Å². The number of hydrogen-bond donors (Lipinski definition) is 0. The molecule has 126 valence electrons. The van der Waals surface area contributed by atoms with Gasteiger partial charge in [-0.2, -0.15) is 4.98 Å². The predicted molar refractivity (Wildman–Crippen MR) is 89.7 cm³/mol. The van der Waals surface area contributed by atoms with Crippen LogP contribution in [0.25, 0.3) is 11.4 Å². The minimum Gasteiger partial charge on any atom is -0.493 e. The van der Waals surface area contributed by atoms with Crippen LogP contribution in [0.1, 0.15) is 30.2 Å². The van der Waals surface area contributed by atoms with Gasteiger partial charge < -0.3 is 14.0 Å². The minimum absolute atomic E-state index is 0.0780. The Labute approximate surface area is 144 Å². The Hall–Kier alpha value is -2.89. The van der Waals surface area contributed by atoms with Crippen molar-refractivity contribution in [2.45, 2.75) is 24.2 Å². The van der Waals surface area contributed by atoms with E-state index >= 15 is 0 Å². The molecular formula is C19H17N3O3. The second-order valence-corrected chi connectivity index (χ2v) is 6.55. The minimum atomic E-state index is 0.0780. The molecule has 0 bridgehead atoms. The summed E-state index contributed by atoms with van der Waals surface area (Å²) in [5, 5.41) is 4.16. The Morgan fingerprint density at radius 2 is 2.16 bits per heavy atom. The molecule has 6 heteroatoms. The number of fused-ring (bicyclic) bond motifs is 2. The van der Waals surface area contributed by atoms with Crippen LogP contribution >= 0.6 is 0 Å². The van der Waals surface area contributed by atoms with Crippen LogP contribution in [0.2, 0.25) is 0 Å². The van der Waals surface area contributed by atoms with Gasteiger partial charge in [0.15, 0.2) is 0 Å². The van der Waals surface area contributed by atoms with E-state index in [0.717, 1.165) is 30.8 Å². The van der Waals surface area contributed by atoms with Crippen molar-refractivity contribution in [2.24, 2.45) is 0 Å². The van der Waals surface area contributed by atoms with Crippen LogP contribution in [0, 0.1) is 0 Å². The van der Waals surface area contributed by atoms with Gasteiger partial charge in [0.05, 0.1) is 13.7 Å². The molecule has 3 aromatic rings. The van der Waals surface area contributed by atoms with Crippen LogP contribution in [0.4, 0.5) is 0 Å². The summed E-state index contributed by atoms with van der Waals surface area (Å²) in [6, 6.07) is 11.9. The quantitative estimate of drug-likeness (QED) is 0.731. The van der Waals surface area contributed by atoms with Crippen molar-refractivity contribution >= 4 is 0 Å².